The number of guanidine groups is 1. The molecule has 0 unspecified atom stereocenters. The molecular weight excluding hydrogens is 336 g/mol. The van der Waals surface area contributed by atoms with Crippen LogP contribution in [0.25, 0.3) is 0 Å². The van der Waals surface area contributed by atoms with Crippen molar-refractivity contribution in [2.24, 2.45) is 4.99 Å². The molecule has 0 spiro atoms. The van der Waals surface area contributed by atoms with Gasteiger partial charge in [0.2, 0.25) is 5.91 Å². The predicted molar refractivity (Wildman–Crippen MR) is 112 cm³/mol. The predicted octanol–water partition coefficient (Wildman–Crippen LogP) is 2.49. The van der Waals surface area contributed by atoms with Crippen LogP contribution in [0.3, 0.4) is 0 Å². The first-order chi connectivity index (χ1) is 13.0. The fourth-order valence-corrected chi connectivity index (χ4v) is 2.73. The summed E-state index contributed by atoms with van der Waals surface area (Å²) in [7, 11) is 1.71. The van der Waals surface area contributed by atoms with Crippen molar-refractivity contribution in [3.8, 4) is 0 Å². The normalized spacial score (nSPS) is 11.7. The van der Waals surface area contributed by atoms with Crippen LogP contribution in [-0.2, 0) is 16.6 Å². The molecular formula is C22H30N4O. The van der Waals surface area contributed by atoms with Crippen LogP contribution in [0.15, 0.2) is 65.7 Å². The summed E-state index contributed by atoms with van der Waals surface area (Å²) in [4.78, 5) is 16.2. The van der Waals surface area contributed by atoms with E-state index in [0.29, 0.717) is 19.0 Å². The summed E-state index contributed by atoms with van der Waals surface area (Å²) in [6.45, 7) is 5.89. The van der Waals surface area contributed by atoms with Crippen LogP contribution in [0.1, 0.15) is 25.0 Å². The Morgan fingerprint density at radius 2 is 1.56 bits per heavy atom. The minimum atomic E-state index is -0.0452. The molecule has 2 aromatic rings. The van der Waals surface area contributed by atoms with E-state index in [1.54, 1.807) is 7.05 Å². The summed E-state index contributed by atoms with van der Waals surface area (Å²) < 4.78 is 0. The number of nitrogens with zero attached hydrogens (tertiary/aromatic N) is 1. The Hall–Kier alpha value is -2.82. The molecule has 0 aliphatic heterocycles. The molecule has 0 fully saturated rings. The number of aliphatic imine (C=N–C) groups is 1. The van der Waals surface area contributed by atoms with Crippen molar-refractivity contribution < 1.29 is 4.79 Å². The topological polar surface area (TPSA) is 65.5 Å². The van der Waals surface area contributed by atoms with E-state index in [9.17, 15) is 4.79 Å². The third-order valence-corrected chi connectivity index (χ3v) is 4.47. The first-order valence-electron chi connectivity index (χ1n) is 9.32. The van der Waals surface area contributed by atoms with E-state index < -0.39 is 0 Å². The lowest BCUT2D eigenvalue weighted by atomic mass is 9.85. The SMILES string of the molecule is CN=C(NCC(=O)NCCc1ccccc1)NCC(C)(C)c1ccccc1. The molecule has 5 heteroatoms. The summed E-state index contributed by atoms with van der Waals surface area (Å²) in [6.07, 6.45) is 0.824. The van der Waals surface area contributed by atoms with Crippen LogP contribution >= 0.6 is 0 Å². The van der Waals surface area contributed by atoms with E-state index in [1.807, 2.05) is 36.4 Å². The monoisotopic (exact) mass is 366 g/mol. The van der Waals surface area contributed by atoms with Gasteiger partial charge in [0, 0.05) is 25.6 Å². The Kier molecular flexibility index (Phi) is 7.86. The van der Waals surface area contributed by atoms with Gasteiger partial charge in [-0.3, -0.25) is 9.79 Å². The molecule has 0 aliphatic carbocycles. The van der Waals surface area contributed by atoms with Gasteiger partial charge in [0.15, 0.2) is 5.96 Å². The van der Waals surface area contributed by atoms with Gasteiger partial charge in [-0.1, -0.05) is 74.5 Å². The average Bonchev–Trinajstić information content (AvgIpc) is 2.69. The molecule has 0 aliphatic rings. The number of carbonyl (C=O) groups is 1. The number of hydrogen-bond acceptors (Lipinski definition) is 2. The van der Waals surface area contributed by atoms with E-state index in [2.05, 4.69) is 59.1 Å². The number of carbonyl (C=O) groups excluding carboxylic acids is 1. The summed E-state index contributed by atoms with van der Waals surface area (Å²) in [5.41, 5.74) is 2.43. The molecule has 0 bridgehead atoms. The van der Waals surface area contributed by atoms with E-state index in [4.69, 9.17) is 0 Å². The maximum atomic E-state index is 12.0. The zero-order valence-electron chi connectivity index (χ0n) is 16.5. The lowest BCUT2D eigenvalue weighted by Crippen LogP contribution is -2.46. The third kappa shape index (κ3) is 7.13. The van der Waals surface area contributed by atoms with Gasteiger partial charge >= 0.3 is 0 Å². The van der Waals surface area contributed by atoms with Crippen LogP contribution < -0.4 is 16.0 Å². The molecule has 0 saturated carbocycles. The van der Waals surface area contributed by atoms with Gasteiger partial charge in [0.1, 0.15) is 0 Å². The van der Waals surface area contributed by atoms with Crippen molar-refractivity contribution in [1.82, 2.24) is 16.0 Å². The van der Waals surface area contributed by atoms with Crippen LogP contribution in [0.2, 0.25) is 0 Å². The zero-order chi connectivity index (χ0) is 19.5. The highest BCUT2D eigenvalue weighted by Gasteiger charge is 2.20. The summed E-state index contributed by atoms with van der Waals surface area (Å²) >= 11 is 0. The quantitative estimate of drug-likeness (QED) is 0.497. The van der Waals surface area contributed by atoms with Crippen LogP contribution in [-0.4, -0.2) is 38.5 Å². The molecule has 0 atom stereocenters. The highest BCUT2D eigenvalue weighted by atomic mass is 16.1. The van der Waals surface area contributed by atoms with Gasteiger partial charge in [-0.05, 0) is 17.5 Å². The number of amides is 1. The molecule has 3 N–H and O–H groups in total. The number of rotatable bonds is 8. The lowest BCUT2D eigenvalue weighted by molar-refractivity contribution is -0.119. The zero-order valence-corrected chi connectivity index (χ0v) is 16.5. The molecule has 0 radical (unpaired) electrons. The molecule has 2 rings (SSSR count). The number of nitrogens with one attached hydrogen (secondary N) is 3. The van der Waals surface area contributed by atoms with E-state index >= 15 is 0 Å². The Balaban J connectivity index is 1.71. The Morgan fingerprint density at radius 3 is 2.19 bits per heavy atom. The summed E-state index contributed by atoms with van der Waals surface area (Å²) in [5.74, 6) is 0.577. The van der Waals surface area contributed by atoms with Crippen LogP contribution in [0.4, 0.5) is 0 Å². The van der Waals surface area contributed by atoms with Gasteiger partial charge in [-0.15, -0.1) is 0 Å². The Bertz CT molecular complexity index is 726. The van der Waals surface area contributed by atoms with Gasteiger partial charge < -0.3 is 16.0 Å². The van der Waals surface area contributed by atoms with E-state index in [-0.39, 0.29) is 17.9 Å². The van der Waals surface area contributed by atoms with Crippen molar-refractivity contribution in [3.63, 3.8) is 0 Å². The fraction of sp³-hybridized carbons (Fsp3) is 0.364. The van der Waals surface area contributed by atoms with Crippen molar-refractivity contribution in [2.45, 2.75) is 25.7 Å². The highest BCUT2D eigenvalue weighted by Crippen LogP contribution is 2.21. The molecule has 144 valence electrons. The number of hydrogen-bond donors (Lipinski definition) is 3. The van der Waals surface area contributed by atoms with E-state index in [0.717, 1.165) is 6.42 Å². The second-order valence-electron chi connectivity index (χ2n) is 7.11. The lowest BCUT2D eigenvalue weighted by Gasteiger charge is -2.26. The molecule has 0 aromatic heterocycles. The van der Waals surface area contributed by atoms with Crippen molar-refractivity contribution in [1.29, 1.82) is 0 Å². The molecule has 0 saturated heterocycles. The summed E-state index contributed by atoms with van der Waals surface area (Å²) in [5, 5.41) is 9.30. The highest BCUT2D eigenvalue weighted by molar-refractivity contribution is 5.86. The maximum absolute atomic E-state index is 12.0. The standard InChI is InChI=1S/C22H30N4O/c1-22(2,19-12-8-5-9-13-19)17-26-21(23-3)25-16-20(27)24-15-14-18-10-6-4-7-11-18/h4-13H,14-17H2,1-3H3,(H,24,27)(H2,23,25,26). The molecule has 2 aromatic carbocycles. The first kappa shape index (κ1) is 20.5. The number of benzene rings is 2. The second kappa shape index (κ2) is 10.4. The first-order valence-corrected chi connectivity index (χ1v) is 9.32. The van der Waals surface area contributed by atoms with Crippen molar-refractivity contribution in [3.05, 3.63) is 71.8 Å². The third-order valence-electron chi connectivity index (χ3n) is 4.47. The van der Waals surface area contributed by atoms with Gasteiger partial charge in [-0.2, -0.15) is 0 Å². The fourth-order valence-electron chi connectivity index (χ4n) is 2.73. The molecule has 27 heavy (non-hydrogen) atoms. The van der Waals surface area contributed by atoms with Gasteiger partial charge in [0.05, 0.1) is 6.54 Å². The van der Waals surface area contributed by atoms with Gasteiger partial charge in [0.25, 0.3) is 0 Å². The van der Waals surface area contributed by atoms with Crippen LogP contribution in [0.5, 0.6) is 0 Å². The maximum Gasteiger partial charge on any atom is 0.239 e. The van der Waals surface area contributed by atoms with Gasteiger partial charge in [-0.25, -0.2) is 0 Å². The Labute approximate surface area is 162 Å². The molecule has 5 nitrogen and oxygen atoms in total. The van der Waals surface area contributed by atoms with Crippen molar-refractivity contribution in [2.75, 3.05) is 26.7 Å². The minimum absolute atomic E-state index is 0.0448. The minimum Gasteiger partial charge on any atom is -0.356 e. The van der Waals surface area contributed by atoms with Crippen LogP contribution in [0, 0.1) is 0 Å². The average molecular weight is 367 g/mol. The van der Waals surface area contributed by atoms with Crippen molar-refractivity contribution >= 4 is 11.9 Å². The smallest absolute Gasteiger partial charge is 0.239 e. The Morgan fingerprint density at radius 1 is 0.926 bits per heavy atom. The second-order valence-corrected chi connectivity index (χ2v) is 7.11. The van der Waals surface area contributed by atoms with E-state index in [1.165, 1.54) is 11.1 Å². The molecule has 0 heterocycles. The summed E-state index contributed by atoms with van der Waals surface area (Å²) in [6, 6.07) is 20.5. The largest absolute Gasteiger partial charge is 0.356 e. The molecule has 1 amide bonds.